The van der Waals surface area contributed by atoms with Crippen LogP contribution >= 0.6 is 0 Å². The zero-order valence-electron chi connectivity index (χ0n) is 12.3. The van der Waals surface area contributed by atoms with Crippen LogP contribution < -0.4 is 5.32 Å². The molecule has 5 heteroatoms. The van der Waals surface area contributed by atoms with Crippen molar-refractivity contribution in [2.75, 3.05) is 19.6 Å². The molecule has 1 amide bonds. The van der Waals surface area contributed by atoms with Crippen molar-refractivity contribution in [3.8, 4) is 0 Å². The van der Waals surface area contributed by atoms with E-state index in [9.17, 15) is 9.18 Å². The van der Waals surface area contributed by atoms with Crippen LogP contribution in [0.5, 0.6) is 0 Å². The molecule has 1 fully saturated rings. The summed E-state index contributed by atoms with van der Waals surface area (Å²) in [4.78, 5) is 14.5. The fraction of sp³-hybridized carbons (Fsp3) is 0.353. The maximum absolute atomic E-state index is 12.9. The van der Waals surface area contributed by atoms with Gasteiger partial charge in [-0.1, -0.05) is 0 Å². The van der Waals surface area contributed by atoms with Crippen LogP contribution in [-0.2, 0) is 0 Å². The topological polar surface area (TPSA) is 45.5 Å². The van der Waals surface area contributed by atoms with Crippen molar-refractivity contribution in [3.63, 3.8) is 0 Å². The Balaban J connectivity index is 1.66. The predicted molar refractivity (Wildman–Crippen MR) is 81.0 cm³/mol. The zero-order valence-corrected chi connectivity index (χ0v) is 12.3. The minimum atomic E-state index is -0.345. The third-order valence-electron chi connectivity index (χ3n) is 4.02. The van der Waals surface area contributed by atoms with E-state index < -0.39 is 0 Å². The molecule has 0 radical (unpaired) electrons. The fourth-order valence-electron chi connectivity index (χ4n) is 2.84. The highest BCUT2D eigenvalue weighted by molar-refractivity contribution is 5.94. The van der Waals surface area contributed by atoms with Gasteiger partial charge in [0, 0.05) is 12.1 Å². The number of halogens is 1. The van der Waals surface area contributed by atoms with Gasteiger partial charge in [0.05, 0.1) is 12.3 Å². The molecule has 0 unspecified atom stereocenters. The van der Waals surface area contributed by atoms with Gasteiger partial charge in [-0.15, -0.1) is 0 Å². The molecule has 22 heavy (non-hydrogen) atoms. The maximum Gasteiger partial charge on any atom is 0.251 e. The van der Waals surface area contributed by atoms with Crippen molar-refractivity contribution in [2.45, 2.75) is 18.9 Å². The Bertz CT molecular complexity index is 604. The Morgan fingerprint density at radius 2 is 1.95 bits per heavy atom. The van der Waals surface area contributed by atoms with Crippen molar-refractivity contribution in [1.29, 1.82) is 0 Å². The van der Waals surface area contributed by atoms with Crippen LogP contribution in [0.1, 0.15) is 35.0 Å². The molecular formula is C17H19FN2O2. The van der Waals surface area contributed by atoms with E-state index in [4.69, 9.17) is 4.42 Å². The molecule has 0 bridgehead atoms. The molecule has 1 aliphatic heterocycles. The normalized spacial score (nSPS) is 16.6. The number of benzene rings is 1. The lowest BCUT2D eigenvalue weighted by Gasteiger charge is -2.26. The Hall–Kier alpha value is -2.14. The monoisotopic (exact) mass is 302 g/mol. The molecule has 0 saturated carbocycles. The number of likely N-dealkylation sites (tertiary alicyclic amines) is 1. The van der Waals surface area contributed by atoms with Crippen molar-refractivity contribution in [1.82, 2.24) is 10.2 Å². The van der Waals surface area contributed by atoms with E-state index in [-0.39, 0.29) is 17.8 Å². The lowest BCUT2D eigenvalue weighted by molar-refractivity contribution is 0.0933. The molecule has 1 N–H and O–H groups in total. The Labute approximate surface area is 128 Å². The SMILES string of the molecule is O=C(NC[C@H](c1ccco1)N1CCCC1)c1ccc(F)cc1. The van der Waals surface area contributed by atoms with E-state index in [1.165, 1.54) is 37.1 Å². The van der Waals surface area contributed by atoms with E-state index in [0.29, 0.717) is 12.1 Å². The number of hydrogen-bond donors (Lipinski definition) is 1. The molecule has 2 aromatic rings. The summed E-state index contributed by atoms with van der Waals surface area (Å²) in [5.41, 5.74) is 0.459. The summed E-state index contributed by atoms with van der Waals surface area (Å²) in [6.45, 7) is 2.50. The van der Waals surface area contributed by atoms with E-state index in [1.807, 2.05) is 12.1 Å². The van der Waals surface area contributed by atoms with Crippen molar-refractivity contribution in [3.05, 3.63) is 59.8 Å². The smallest absolute Gasteiger partial charge is 0.251 e. The van der Waals surface area contributed by atoms with Crippen LogP contribution in [-0.4, -0.2) is 30.4 Å². The number of furan rings is 1. The molecular weight excluding hydrogens is 283 g/mol. The number of nitrogens with zero attached hydrogens (tertiary/aromatic N) is 1. The van der Waals surface area contributed by atoms with E-state index in [1.54, 1.807) is 6.26 Å². The van der Waals surface area contributed by atoms with Gasteiger partial charge in [-0.25, -0.2) is 4.39 Å². The van der Waals surface area contributed by atoms with Gasteiger partial charge in [0.25, 0.3) is 5.91 Å². The summed E-state index contributed by atoms with van der Waals surface area (Å²) in [7, 11) is 0. The average Bonchev–Trinajstić information content (AvgIpc) is 3.22. The lowest BCUT2D eigenvalue weighted by atomic mass is 10.1. The Kier molecular flexibility index (Phi) is 4.53. The third-order valence-corrected chi connectivity index (χ3v) is 4.02. The van der Waals surface area contributed by atoms with Crippen molar-refractivity contribution >= 4 is 5.91 Å². The summed E-state index contributed by atoms with van der Waals surface area (Å²) >= 11 is 0. The summed E-state index contributed by atoms with van der Waals surface area (Å²) in [5.74, 6) is 0.319. The average molecular weight is 302 g/mol. The minimum absolute atomic E-state index is 0.0434. The van der Waals surface area contributed by atoms with Crippen molar-refractivity contribution in [2.24, 2.45) is 0 Å². The standard InChI is InChI=1S/C17H19FN2O2/c18-14-7-5-13(6-8-14)17(21)19-12-15(16-4-3-11-22-16)20-9-1-2-10-20/h3-8,11,15H,1-2,9-10,12H2,(H,19,21)/t15-/m1/s1. The molecule has 1 saturated heterocycles. The first-order chi connectivity index (χ1) is 10.7. The molecule has 1 aromatic carbocycles. The van der Waals surface area contributed by atoms with Gasteiger partial charge in [-0.2, -0.15) is 0 Å². The summed E-state index contributed by atoms with van der Waals surface area (Å²) in [6, 6.07) is 9.40. The van der Waals surface area contributed by atoms with Crippen molar-refractivity contribution < 1.29 is 13.6 Å². The van der Waals surface area contributed by atoms with Crippen LogP contribution in [0.3, 0.4) is 0 Å². The molecule has 3 rings (SSSR count). The molecule has 2 heterocycles. The third kappa shape index (κ3) is 3.36. The maximum atomic E-state index is 12.9. The first-order valence-corrected chi connectivity index (χ1v) is 7.55. The van der Waals surface area contributed by atoms with Gasteiger partial charge in [0.1, 0.15) is 11.6 Å². The molecule has 4 nitrogen and oxygen atoms in total. The molecule has 1 atom stereocenters. The van der Waals surface area contributed by atoms with Gasteiger partial charge in [0.15, 0.2) is 0 Å². The van der Waals surface area contributed by atoms with Crippen LogP contribution in [0, 0.1) is 5.82 Å². The lowest BCUT2D eigenvalue weighted by Crippen LogP contribution is -2.36. The van der Waals surface area contributed by atoms with Gasteiger partial charge in [-0.3, -0.25) is 9.69 Å². The number of amides is 1. The first-order valence-electron chi connectivity index (χ1n) is 7.55. The quantitative estimate of drug-likeness (QED) is 0.923. The molecule has 0 spiro atoms. The highest BCUT2D eigenvalue weighted by Gasteiger charge is 2.26. The molecule has 1 aromatic heterocycles. The van der Waals surface area contributed by atoms with Gasteiger partial charge < -0.3 is 9.73 Å². The fourth-order valence-corrected chi connectivity index (χ4v) is 2.84. The highest BCUT2D eigenvalue weighted by Crippen LogP contribution is 2.24. The van der Waals surface area contributed by atoms with Crippen LogP contribution in [0.15, 0.2) is 47.1 Å². The number of hydrogen-bond acceptors (Lipinski definition) is 3. The van der Waals surface area contributed by atoms with E-state index >= 15 is 0 Å². The van der Waals surface area contributed by atoms with Gasteiger partial charge in [0.2, 0.25) is 0 Å². The summed E-state index contributed by atoms with van der Waals surface area (Å²) in [5, 5.41) is 2.92. The second kappa shape index (κ2) is 6.75. The van der Waals surface area contributed by atoms with Crippen LogP contribution in [0.2, 0.25) is 0 Å². The summed E-state index contributed by atoms with van der Waals surface area (Å²) in [6.07, 6.45) is 3.99. The minimum Gasteiger partial charge on any atom is -0.468 e. The second-order valence-electron chi connectivity index (χ2n) is 5.49. The van der Waals surface area contributed by atoms with Gasteiger partial charge in [-0.05, 0) is 62.3 Å². The summed E-state index contributed by atoms with van der Waals surface area (Å²) < 4.78 is 18.4. The number of nitrogens with one attached hydrogen (secondary N) is 1. The predicted octanol–water partition coefficient (Wildman–Crippen LogP) is 2.99. The number of carbonyl (C=O) groups is 1. The van der Waals surface area contributed by atoms with Gasteiger partial charge >= 0.3 is 0 Å². The van der Waals surface area contributed by atoms with E-state index in [0.717, 1.165) is 18.8 Å². The molecule has 0 aliphatic carbocycles. The number of rotatable bonds is 5. The number of carbonyl (C=O) groups excluding carboxylic acids is 1. The van der Waals surface area contributed by atoms with Crippen LogP contribution in [0.25, 0.3) is 0 Å². The largest absolute Gasteiger partial charge is 0.468 e. The Morgan fingerprint density at radius 3 is 2.59 bits per heavy atom. The van der Waals surface area contributed by atoms with Crippen LogP contribution in [0.4, 0.5) is 4.39 Å². The first kappa shape index (κ1) is 14.8. The molecule has 116 valence electrons. The highest BCUT2D eigenvalue weighted by atomic mass is 19.1. The zero-order chi connectivity index (χ0) is 15.4. The van der Waals surface area contributed by atoms with E-state index in [2.05, 4.69) is 10.2 Å². The second-order valence-corrected chi connectivity index (χ2v) is 5.49. The molecule has 1 aliphatic rings. The Morgan fingerprint density at radius 1 is 1.23 bits per heavy atom.